The van der Waals surface area contributed by atoms with Gasteiger partial charge in [-0.2, -0.15) is 0 Å². The first-order chi connectivity index (χ1) is 21.1. The summed E-state index contributed by atoms with van der Waals surface area (Å²) in [6.45, 7) is 0.0301. The van der Waals surface area contributed by atoms with Gasteiger partial charge in [0.15, 0.2) is 12.4 Å². The number of ether oxygens (including phenoxy) is 6. The Morgan fingerprint density at radius 1 is 0.535 bits per heavy atom. The van der Waals surface area contributed by atoms with Crippen LogP contribution >= 0.6 is 0 Å². The van der Waals surface area contributed by atoms with E-state index in [1.54, 1.807) is 91.0 Å². The van der Waals surface area contributed by atoms with E-state index in [1.807, 2.05) is 30.3 Å². The van der Waals surface area contributed by atoms with Crippen molar-refractivity contribution in [3.8, 4) is 0 Å². The van der Waals surface area contributed by atoms with E-state index in [4.69, 9.17) is 28.4 Å². The molecule has 0 N–H and O–H groups in total. The van der Waals surface area contributed by atoms with Crippen LogP contribution < -0.4 is 0 Å². The highest BCUT2D eigenvalue weighted by molar-refractivity contribution is 5.91. The van der Waals surface area contributed by atoms with E-state index in [0.29, 0.717) is 0 Å². The van der Waals surface area contributed by atoms with E-state index in [-0.39, 0.29) is 23.3 Å². The maximum absolute atomic E-state index is 13.4. The Bertz CT molecular complexity index is 1530. The Labute approximate surface area is 247 Å². The summed E-state index contributed by atoms with van der Waals surface area (Å²) in [5.74, 6) is -2.11. The first kappa shape index (κ1) is 28.3. The third-order valence-corrected chi connectivity index (χ3v) is 7.09. The van der Waals surface area contributed by atoms with Gasteiger partial charge in [-0.1, -0.05) is 84.9 Å². The fourth-order valence-corrected chi connectivity index (χ4v) is 4.96. The molecule has 0 aromatic heterocycles. The van der Waals surface area contributed by atoms with Gasteiger partial charge in [-0.05, 0) is 36.4 Å². The maximum atomic E-state index is 13.4. The number of carbonyl (C=O) groups excluding carboxylic acids is 3. The second kappa shape index (κ2) is 13.0. The fourth-order valence-electron chi connectivity index (χ4n) is 4.96. The minimum Gasteiger partial charge on any atom is -0.452 e. The number of esters is 3. The van der Waals surface area contributed by atoms with Crippen LogP contribution in [-0.4, -0.2) is 55.2 Å². The molecule has 4 aromatic carbocycles. The molecule has 0 bridgehead atoms. The summed E-state index contributed by atoms with van der Waals surface area (Å²) in [6.07, 6.45) is -6.64. The summed E-state index contributed by atoms with van der Waals surface area (Å²) >= 11 is 0. The van der Waals surface area contributed by atoms with Crippen molar-refractivity contribution in [3.63, 3.8) is 0 Å². The summed E-state index contributed by atoms with van der Waals surface area (Å²) in [6, 6.07) is 34.3. The molecule has 4 aromatic rings. The molecular weight excluding hydrogens is 552 g/mol. The van der Waals surface area contributed by atoms with Crippen molar-refractivity contribution in [2.24, 2.45) is 0 Å². The van der Waals surface area contributed by atoms with Gasteiger partial charge in [0, 0.05) is 5.56 Å². The van der Waals surface area contributed by atoms with Crippen LogP contribution in [0.1, 0.15) is 42.9 Å². The van der Waals surface area contributed by atoms with E-state index in [1.165, 1.54) is 0 Å². The highest BCUT2D eigenvalue weighted by Crippen LogP contribution is 2.37. The number of hydrogen-bond acceptors (Lipinski definition) is 9. The molecule has 2 saturated heterocycles. The molecule has 0 aliphatic carbocycles. The lowest BCUT2D eigenvalue weighted by Gasteiger charge is -2.47. The van der Waals surface area contributed by atoms with Gasteiger partial charge in [-0.25, -0.2) is 14.4 Å². The van der Waals surface area contributed by atoms with Crippen LogP contribution in [0, 0.1) is 0 Å². The van der Waals surface area contributed by atoms with Crippen molar-refractivity contribution in [1.29, 1.82) is 0 Å². The highest BCUT2D eigenvalue weighted by Gasteiger charge is 2.55. The van der Waals surface area contributed by atoms with Crippen LogP contribution in [0.4, 0.5) is 0 Å². The lowest BCUT2D eigenvalue weighted by molar-refractivity contribution is -0.351. The quantitative estimate of drug-likeness (QED) is 0.217. The number of fused-ring (bicyclic) bond motifs is 1. The normalized spacial score (nSPS) is 24.7. The number of rotatable bonds is 7. The van der Waals surface area contributed by atoms with Crippen LogP contribution in [-0.2, 0) is 28.4 Å². The molecule has 0 radical (unpaired) electrons. The maximum Gasteiger partial charge on any atom is 0.340 e. The molecule has 2 aliphatic heterocycles. The van der Waals surface area contributed by atoms with Crippen molar-refractivity contribution in [2.75, 3.05) is 6.61 Å². The van der Waals surface area contributed by atoms with E-state index in [9.17, 15) is 14.4 Å². The zero-order chi connectivity index (χ0) is 29.6. The van der Waals surface area contributed by atoms with Crippen molar-refractivity contribution in [3.05, 3.63) is 144 Å². The van der Waals surface area contributed by atoms with Crippen LogP contribution in [0.2, 0.25) is 0 Å². The largest absolute Gasteiger partial charge is 0.452 e. The highest BCUT2D eigenvalue weighted by atomic mass is 16.8. The van der Waals surface area contributed by atoms with Crippen LogP contribution in [0.15, 0.2) is 121 Å². The molecule has 9 heteroatoms. The Morgan fingerprint density at radius 3 is 1.49 bits per heavy atom. The first-order valence-electron chi connectivity index (χ1n) is 13.8. The molecule has 9 nitrogen and oxygen atoms in total. The molecule has 218 valence electrons. The molecule has 0 spiro atoms. The molecular formula is C34H28O9. The summed E-state index contributed by atoms with van der Waals surface area (Å²) in [5.41, 5.74) is 1.54. The Morgan fingerprint density at radius 2 is 0.977 bits per heavy atom. The molecule has 1 unspecified atom stereocenters. The van der Waals surface area contributed by atoms with Gasteiger partial charge in [-0.3, -0.25) is 0 Å². The van der Waals surface area contributed by atoms with Crippen LogP contribution in [0.5, 0.6) is 0 Å². The number of hydrogen-bond donors (Lipinski definition) is 0. The third-order valence-electron chi connectivity index (χ3n) is 7.09. The summed E-state index contributed by atoms with van der Waals surface area (Å²) in [4.78, 5) is 39.9. The lowest BCUT2D eigenvalue weighted by Crippen LogP contribution is -2.64. The van der Waals surface area contributed by atoms with Gasteiger partial charge >= 0.3 is 17.9 Å². The Balaban J connectivity index is 1.36. The molecule has 2 fully saturated rings. The van der Waals surface area contributed by atoms with Crippen molar-refractivity contribution < 1.29 is 42.8 Å². The van der Waals surface area contributed by atoms with Gasteiger partial charge in [0.2, 0.25) is 12.4 Å². The summed E-state index contributed by atoms with van der Waals surface area (Å²) in [7, 11) is 0. The summed E-state index contributed by atoms with van der Waals surface area (Å²) < 4.78 is 36.2. The van der Waals surface area contributed by atoms with Gasteiger partial charge in [-0.15, -0.1) is 0 Å². The summed E-state index contributed by atoms with van der Waals surface area (Å²) in [5, 5.41) is 0. The van der Waals surface area contributed by atoms with E-state index >= 15 is 0 Å². The van der Waals surface area contributed by atoms with Gasteiger partial charge in [0.05, 0.1) is 23.3 Å². The number of carbonyl (C=O) groups is 3. The zero-order valence-electron chi connectivity index (χ0n) is 22.9. The topological polar surface area (TPSA) is 107 Å². The number of benzene rings is 4. The van der Waals surface area contributed by atoms with E-state index in [0.717, 1.165) is 5.56 Å². The molecule has 0 saturated carbocycles. The SMILES string of the molecule is O=C(O[C@@H]1O[C@@H]2COC(c3ccccc3)O[C@H]2[C@H](OC(=O)c2ccccc2)[C@H]1OC(=O)c1ccccc1)c1ccccc1. The smallest absolute Gasteiger partial charge is 0.340 e. The molecule has 2 aliphatic rings. The lowest BCUT2D eigenvalue weighted by atomic mass is 9.96. The van der Waals surface area contributed by atoms with Crippen LogP contribution in [0.25, 0.3) is 0 Å². The third kappa shape index (κ3) is 6.49. The van der Waals surface area contributed by atoms with E-state index < -0.39 is 54.9 Å². The molecule has 43 heavy (non-hydrogen) atoms. The van der Waals surface area contributed by atoms with Gasteiger partial charge < -0.3 is 28.4 Å². The average Bonchev–Trinajstić information content (AvgIpc) is 3.07. The van der Waals surface area contributed by atoms with E-state index in [2.05, 4.69) is 0 Å². The van der Waals surface area contributed by atoms with Gasteiger partial charge in [0.1, 0.15) is 12.2 Å². The van der Waals surface area contributed by atoms with Crippen molar-refractivity contribution in [1.82, 2.24) is 0 Å². The second-order valence-electron chi connectivity index (χ2n) is 9.96. The minimum atomic E-state index is -1.45. The standard InChI is InChI=1S/C34H28O9/c35-30(22-13-5-1-6-14-22)40-28-27-26(21-38-33(42-27)25-19-11-4-12-20-25)39-34(43-32(37)24-17-9-3-10-18-24)29(28)41-31(36)23-15-7-2-8-16-23/h1-20,26-29,33-34H,21H2/t26-,27-,28+,29-,33?,34+/m1/s1. The molecule has 2 heterocycles. The van der Waals surface area contributed by atoms with Crippen LogP contribution in [0.3, 0.4) is 0 Å². The van der Waals surface area contributed by atoms with Gasteiger partial charge in [0.25, 0.3) is 0 Å². The molecule has 6 atom stereocenters. The molecule has 6 rings (SSSR count). The predicted octanol–water partition coefficient (Wildman–Crippen LogP) is 5.13. The second-order valence-corrected chi connectivity index (χ2v) is 9.96. The predicted molar refractivity (Wildman–Crippen MR) is 152 cm³/mol. The zero-order valence-corrected chi connectivity index (χ0v) is 22.9. The first-order valence-corrected chi connectivity index (χ1v) is 13.8. The van der Waals surface area contributed by atoms with Crippen molar-refractivity contribution in [2.45, 2.75) is 37.0 Å². The molecule has 0 amide bonds. The fraction of sp³-hybridized carbons (Fsp3) is 0.206. The monoisotopic (exact) mass is 580 g/mol. The Hall–Kier alpha value is -4.83. The average molecular weight is 581 g/mol. The Kier molecular flexibility index (Phi) is 8.55. The van der Waals surface area contributed by atoms with Crippen molar-refractivity contribution >= 4 is 17.9 Å². The minimum absolute atomic E-state index is 0.0301.